The maximum absolute atomic E-state index is 10.2. The van der Waals surface area contributed by atoms with Gasteiger partial charge >= 0.3 is 0 Å². The van der Waals surface area contributed by atoms with Crippen LogP contribution >= 0.6 is 11.6 Å². The molecule has 2 N–H and O–H groups in total. The third-order valence-electron chi connectivity index (χ3n) is 1.97. The number of hydrogen-bond acceptors (Lipinski definition) is 3. The van der Waals surface area contributed by atoms with Crippen molar-refractivity contribution in [3.63, 3.8) is 0 Å². The van der Waals surface area contributed by atoms with E-state index in [9.17, 15) is 4.79 Å². The Hall–Kier alpha value is -1.81. The molecule has 0 unspecified atom stereocenters. The van der Waals surface area contributed by atoms with Crippen LogP contribution < -0.4 is 10.9 Å². The van der Waals surface area contributed by atoms with Gasteiger partial charge < -0.3 is 0 Å². The molecule has 15 heavy (non-hydrogen) atoms. The minimum absolute atomic E-state index is 0.572. The summed E-state index contributed by atoms with van der Waals surface area (Å²) in [5.41, 5.74) is 6.69. The molecule has 2 rings (SSSR count). The molecule has 0 radical (unpaired) electrons. The zero-order valence-corrected chi connectivity index (χ0v) is 8.45. The predicted molar refractivity (Wildman–Crippen MR) is 59.6 cm³/mol. The van der Waals surface area contributed by atoms with Gasteiger partial charge in [-0.1, -0.05) is 11.6 Å². The summed E-state index contributed by atoms with van der Waals surface area (Å²) in [6, 6.07) is 7.16. The molecule has 1 aromatic carbocycles. The van der Waals surface area contributed by atoms with Gasteiger partial charge in [-0.15, -0.1) is 0 Å². The van der Waals surface area contributed by atoms with Crippen LogP contribution in [0.15, 0.2) is 30.5 Å². The molecule has 0 atom stereocenters. The Morgan fingerprint density at radius 3 is 3.00 bits per heavy atom. The Labute approximate surface area is 91.2 Å². The second-order valence-electron chi connectivity index (χ2n) is 2.91. The van der Waals surface area contributed by atoms with Gasteiger partial charge in [-0.25, -0.2) is 0 Å². The molecule has 0 saturated heterocycles. The van der Waals surface area contributed by atoms with E-state index in [-0.39, 0.29) is 0 Å². The molecule has 4 nitrogen and oxygen atoms in total. The van der Waals surface area contributed by atoms with Gasteiger partial charge in [-0.2, -0.15) is 0 Å². The van der Waals surface area contributed by atoms with Crippen LogP contribution in [-0.4, -0.2) is 11.4 Å². The number of halogens is 1. The number of anilines is 1. The van der Waals surface area contributed by atoms with Crippen molar-refractivity contribution in [1.82, 2.24) is 10.4 Å². The Bertz CT molecular complexity index is 501. The molecule has 0 aliphatic carbocycles. The second-order valence-corrected chi connectivity index (χ2v) is 3.34. The highest BCUT2D eigenvalue weighted by Gasteiger charge is 2.01. The van der Waals surface area contributed by atoms with Crippen LogP contribution in [0.2, 0.25) is 5.02 Å². The Kier molecular flexibility index (Phi) is 2.69. The smallest absolute Gasteiger partial charge is 0.225 e. The standard InChI is InChI=1S/C10H8ClN3O/c11-7-1-2-8-9(14-13-6-15)3-4-12-10(8)5-7/h1-6H,(H,12,14)(H,13,15). The summed E-state index contributed by atoms with van der Waals surface area (Å²) in [5, 5.41) is 1.53. The molecule has 0 spiro atoms. The van der Waals surface area contributed by atoms with Crippen molar-refractivity contribution in [2.75, 3.05) is 5.43 Å². The van der Waals surface area contributed by atoms with Gasteiger partial charge in [0.05, 0.1) is 11.2 Å². The number of hydrogen-bond donors (Lipinski definition) is 2. The minimum Gasteiger partial charge on any atom is -0.298 e. The number of nitrogens with one attached hydrogen (secondary N) is 2. The highest BCUT2D eigenvalue weighted by atomic mass is 35.5. The Balaban J connectivity index is 2.50. The zero-order chi connectivity index (χ0) is 10.7. The van der Waals surface area contributed by atoms with Crippen LogP contribution in [0, 0.1) is 0 Å². The SMILES string of the molecule is O=CNNc1ccnc2cc(Cl)ccc12. The summed E-state index contributed by atoms with van der Waals surface area (Å²) < 4.78 is 0. The number of pyridine rings is 1. The molecule has 76 valence electrons. The normalized spacial score (nSPS) is 9.93. The van der Waals surface area contributed by atoms with Gasteiger partial charge in [-0.05, 0) is 24.3 Å². The average Bonchev–Trinajstić information content (AvgIpc) is 2.25. The van der Waals surface area contributed by atoms with Crippen molar-refractivity contribution < 1.29 is 4.79 Å². The van der Waals surface area contributed by atoms with Gasteiger partial charge in [0.15, 0.2) is 0 Å². The molecule has 0 aliphatic heterocycles. The number of amides is 1. The van der Waals surface area contributed by atoms with Crippen molar-refractivity contribution in [2.24, 2.45) is 0 Å². The van der Waals surface area contributed by atoms with E-state index in [1.165, 1.54) is 0 Å². The Morgan fingerprint density at radius 1 is 1.33 bits per heavy atom. The maximum atomic E-state index is 10.2. The first kappa shape index (κ1) is 9.73. The maximum Gasteiger partial charge on any atom is 0.225 e. The van der Waals surface area contributed by atoms with E-state index in [1.807, 2.05) is 6.07 Å². The zero-order valence-electron chi connectivity index (χ0n) is 7.70. The van der Waals surface area contributed by atoms with E-state index in [1.54, 1.807) is 24.4 Å². The third kappa shape index (κ3) is 1.99. The quantitative estimate of drug-likeness (QED) is 0.616. The van der Waals surface area contributed by atoms with Crippen LogP contribution in [-0.2, 0) is 4.79 Å². The number of benzene rings is 1. The molecule has 0 bridgehead atoms. The van der Waals surface area contributed by atoms with Crippen molar-refractivity contribution >= 4 is 34.6 Å². The van der Waals surface area contributed by atoms with Crippen molar-refractivity contribution in [1.29, 1.82) is 0 Å². The molecule has 1 amide bonds. The second kappa shape index (κ2) is 4.14. The average molecular weight is 222 g/mol. The van der Waals surface area contributed by atoms with E-state index in [4.69, 9.17) is 11.6 Å². The Morgan fingerprint density at radius 2 is 2.20 bits per heavy atom. The fourth-order valence-corrected chi connectivity index (χ4v) is 1.50. The van der Waals surface area contributed by atoms with Crippen LogP contribution in [0.3, 0.4) is 0 Å². The van der Waals surface area contributed by atoms with Crippen molar-refractivity contribution in [3.05, 3.63) is 35.5 Å². The lowest BCUT2D eigenvalue weighted by Gasteiger charge is -2.07. The number of rotatable bonds is 3. The van der Waals surface area contributed by atoms with Gasteiger partial charge in [-0.3, -0.25) is 20.6 Å². The molecule has 0 fully saturated rings. The minimum atomic E-state index is 0.572. The van der Waals surface area contributed by atoms with Crippen LogP contribution in [0.4, 0.5) is 5.69 Å². The number of aromatic nitrogens is 1. The van der Waals surface area contributed by atoms with Crippen LogP contribution in [0.5, 0.6) is 0 Å². The number of fused-ring (bicyclic) bond motifs is 1. The number of carbonyl (C=O) groups is 1. The first-order valence-electron chi connectivity index (χ1n) is 4.31. The van der Waals surface area contributed by atoms with Gasteiger partial charge in [0.2, 0.25) is 6.41 Å². The van der Waals surface area contributed by atoms with E-state index < -0.39 is 0 Å². The molecule has 1 heterocycles. The van der Waals surface area contributed by atoms with Gasteiger partial charge in [0.1, 0.15) is 0 Å². The van der Waals surface area contributed by atoms with E-state index >= 15 is 0 Å². The fraction of sp³-hybridized carbons (Fsp3) is 0. The molecule has 0 saturated carbocycles. The predicted octanol–water partition coefficient (Wildman–Crippen LogP) is 1.96. The summed E-state index contributed by atoms with van der Waals surface area (Å²) in [5.74, 6) is 0. The lowest BCUT2D eigenvalue weighted by molar-refractivity contribution is -0.109. The summed E-state index contributed by atoms with van der Waals surface area (Å²) in [4.78, 5) is 14.3. The summed E-state index contributed by atoms with van der Waals surface area (Å²) in [6.07, 6.45) is 2.22. The van der Waals surface area contributed by atoms with E-state index in [2.05, 4.69) is 15.8 Å². The molecule has 1 aromatic heterocycles. The van der Waals surface area contributed by atoms with Gasteiger partial charge in [0, 0.05) is 16.6 Å². The van der Waals surface area contributed by atoms with E-state index in [0.717, 1.165) is 16.6 Å². The highest BCUT2D eigenvalue weighted by molar-refractivity contribution is 6.31. The first-order valence-corrected chi connectivity index (χ1v) is 4.68. The van der Waals surface area contributed by atoms with Crippen molar-refractivity contribution in [2.45, 2.75) is 0 Å². The van der Waals surface area contributed by atoms with Crippen LogP contribution in [0.1, 0.15) is 0 Å². The molecule has 2 aromatic rings. The molecular weight excluding hydrogens is 214 g/mol. The molecular formula is C10H8ClN3O. The number of nitrogens with zero attached hydrogens (tertiary/aromatic N) is 1. The lowest BCUT2D eigenvalue weighted by atomic mass is 10.2. The van der Waals surface area contributed by atoms with Crippen molar-refractivity contribution in [3.8, 4) is 0 Å². The summed E-state index contributed by atoms with van der Waals surface area (Å²) in [6.45, 7) is 0. The third-order valence-corrected chi connectivity index (χ3v) is 2.21. The summed E-state index contributed by atoms with van der Waals surface area (Å²) >= 11 is 5.84. The monoisotopic (exact) mass is 221 g/mol. The van der Waals surface area contributed by atoms with Crippen LogP contribution in [0.25, 0.3) is 10.9 Å². The topological polar surface area (TPSA) is 54.0 Å². The first-order chi connectivity index (χ1) is 7.31. The number of hydrazine groups is 1. The number of carbonyl (C=O) groups excluding carboxylic acids is 1. The highest BCUT2D eigenvalue weighted by Crippen LogP contribution is 2.23. The fourth-order valence-electron chi connectivity index (χ4n) is 1.34. The molecule has 5 heteroatoms. The largest absolute Gasteiger partial charge is 0.298 e. The van der Waals surface area contributed by atoms with Gasteiger partial charge in [0.25, 0.3) is 0 Å². The lowest BCUT2D eigenvalue weighted by Crippen LogP contribution is -2.19. The van der Waals surface area contributed by atoms with E-state index in [0.29, 0.717) is 11.4 Å². The molecule has 0 aliphatic rings. The summed E-state index contributed by atoms with van der Waals surface area (Å²) in [7, 11) is 0.